The number of thiophene rings is 1. The van der Waals surface area contributed by atoms with Crippen LogP contribution < -0.4 is 5.32 Å². The Morgan fingerprint density at radius 3 is 2.80 bits per heavy atom. The first-order chi connectivity index (χ1) is 9.65. The summed E-state index contributed by atoms with van der Waals surface area (Å²) < 4.78 is 0. The molecule has 1 atom stereocenters. The Morgan fingerprint density at radius 2 is 2.20 bits per heavy atom. The van der Waals surface area contributed by atoms with E-state index in [1.165, 1.54) is 9.75 Å². The summed E-state index contributed by atoms with van der Waals surface area (Å²) in [5.41, 5.74) is 0. The van der Waals surface area contributed by atoms with E-state index in [1.54, 1.807) is 11.3 Å². The monoisotopic (exact) mass is 295 g/mol. The number of hydrogen-bond donors (Lipinski definition) is 1. The van der Waals surface area contributed by atoms with Gasteiger partial charge in [-0.3, -0.25) is 10.1 Å². The molecule has 112 valence electrons. The molecule has 0 radical (unpaired) electrons. The van der Waals surface area contributed by atoms with Gasteiger partial charge in [0.05, 0.1) is 6.54 Å². The Labute approximate surface area is 125 Å². The van der Waals surface area contributed by atoms with Gasteiger partial charge in [-0.25, -0.2) is 0 Å². The van der Waals surface area contributed by atoms with E-state index in [-0.39, 0.29) is 12.1 Å². The fourth-order valence-corrected chi connectivity index (χ4v) is 3.61. The summed E-state index contributed by atoms with van der Waals surface area (Å²) in [6, 6.07) is 4.25. The summed E-state index contributed by atoms with van der Waals surface area (Å²) in [6.45, 7) is 10.9. The zero-order valence-electron chi connectivity index (χ0n) is 12.7. The van der Waals surface area contributed by atoms with Crippen LogP contribution in [0.5, 0.6) is 0 Å². The topological polar surface area (TPSA) is 35.6 Å². The number of nitrogens with zero attached hydrogens (tertiary/aromatic N) is 2. The Kier molecular flexibility index (Phi) is 5.57. The van der Waals surface area contributed by atoms with Gasteiger partial charge in [-0.05, 0) is 38.6 Å². The van der Waals surface area contributed by atoms with Gasteiger partial charge in [0, 0.05) is 22.8 Å². The molecule has 1 amide bonds. The standard InChI is InChI=1S/C15H25N3OS/c1-4-8-17(5-2)9-10-18-14(19)11-16-15(18)13-7-6-12(3)20-13/h6-7,15-16H,4-5,8-11H2,1-3H3. The summed E-state index contributed by atoms with van der Waals surface area (Å²) in [5, 5.41) is 3.33. The summed E-state index contributed by atoms with van der Waals surface area (Å²) in [4.78, 5) is 19.0. The highest BCUT2D eigenvalue weighted by atomic mass is 32.1. The quantitative estimate of drug-likeness (QED) is 0.838. The van der Waals surface area contributed by atoms with Crippen molar-refractivity contribution < 1.29 is 4.79 Å². The Balaban J connectivity index is 1.98. The second kappa shape index (κ2) is 7.20. The van der Waals surface area contributed by atoms with Gasteiger partial charge in [0.1, 0.15) is 6.17 Å². The molecule has 0 aliphatic carbocycles. The van der Waals surface area contributed by atoms with E-state index in [0.29, 0.717) is 6.54 Å². The van der Waals surface area contributed by atoms with E-state index in [9.17, 15) is 4.79 Å². The molecule has 2 heterocycles. The van der Waals surface area contributed by atoms with Crippen LogP contribution in [0.2, 0.25) is 0 Å². The van der Waals surface area contributed by atoms with Crippen LogP contribution in [0.1, 0.15) is 36.2 Å². The molecule has 1 saturated heterocycles. The molecule has 1 aliphatic heterocycles. The van der Waals surface area contributed by atoms with Crippen molar-refractivity contribution in [2.75, 3.05) is 32.7 Å². The van der Waals surface area contributed by atoms with E-state index >= 15 is 0 Å². The summed E-state index contributed by atoms with van der Waals surface area (Å²) >= 11 is 1.77. The van der Waals surface area contributed by atoms with Crippen molar-refractivity contribution >= 4 is 17.2 Å². The lowest BCUT2D eigenvalue weighted by molar-refractivity contribution is -0.128. The number of aryl methyl sites for hydroxylation is 1. The van der Waals surface area contributed by atoms with Crippen LogP contribution in [-0.4, -0.2) is 48.4 Å². The van der Waals surface area contributed by atoms with Crippen molar-refractivity contribution in [3.8, 4) is 0 Å². The van der Waals surface area contributed by atoms with Crippen molar-refractivity contribution in [3.05, 3.63) is 21.9 Å². The fraction of sp³-hybridized carbons (Fsp3) is 0.667. The molecule has 4 nitrogen and oxygen atoms in total. The Hall–Kier alpha value is -0.910. The number of carbonyl (C=O) groups is 1. The third-order valence-electron chi connectivity index (χ3n) is 3.75. The van der Waals surface area contributed by atoms with E-state index in [1.807, 2.05) is 4.90 Å². The van der Waals surface area contributed by atoms with Crippen molar-refractivity contribution in [2.45, 2.75) is 33.4 Å². The molecule has 1 aromatic heterocycles. The van der Waals surface area contributed by atoms with Gasteiger partial charge >= 0.3 is 0 Å². The molecule has 5 heteroatoms. The van der Waals surface area contributed by atoms with Crippen molar-refractivity contribution in [3.63, 3.8) is 0 Å². The first kappa shape index (κ1) is 15.5. The number of rotatable bonds is 7. The van der Waals surface area contributed by atoms with Crippen LogP contribution in [0.3, 0.4) is 0 Å². The van der Waals surface area contributed by atoms with Crippen LogP contribution >= 0.6 is 11.3 Å². The molecular weight excluding hydrogens is 270 g/mol. The van der Waals surface area contributed by atoms with E-state index < -0.39 is 0 Å². The lowest BCUT2D eigenvalue weighted by atomic mass is 10.3. The van der Waals surface area contributed by atoms with Crippen molar-refractivity contribution in [1.82, 2.24) is 15.1 Å². The van der Waals surface area contributed by atoms with Crippen LogP contribution in [0.15, 0.2) is 12.1 Å². The normalized spacial score (nSPS) is 19.3. The highest BCUT2D eigenvalue weighted by Gasteiger charge is 2.32. The lowest BCUT2D eigenvalue weighted by Crippen LogP contribution is -2.38. The minimum atomic E-state index is 0.0709. The first-order valence-corrected chi connectivity index (χ1v) is 8.28. The molecular formula is C15H25N3OS. The molecule has 0 saturated carbocycles. The molecule has 2 rings (SSSR count). The van der Waals surface area contributed by atoms with Gasteiger partial charge in [-0.1, -0.05) is 13.8 Å². The smallest absolute Gasteiger partial charge is 0.238 e. The number of hydrogen-bond acceptors (Lipinski definition) is 4. The predicted octanol–water partition coefficient (Wildman–Crippen LogP) is 2.22. The fourth-order valence-electron chi connectivity index (χ4n) is 2.64. The first-order valence-electron chi connectivity index (χ1n) is 7.47. The minimum absolute atomic E-state index is 0.0709. The number of nitrogens with one attached hydrogen (secondary N) is 1. The largest absolute Gasteiger partial charge is 0.320 e. The van der Waals surface area contributed by atoms with Gasteiger partial charge < -0.3 is 9.80 Å². The van der Waals surface area contributed by atoms with E-state index in [4.69, 9.17) is 0 Å². The van der Waals surface area contributed by atoms with Crippen molar-refractivity contribution in [2.24, 2.45) is 0 Å². The third kappa shape index (κ3) is 3.59. The maximum Gasteiger partial charge on any atom is 0.238 e. The van der Waals surface area contributed by atoms with E-state index in [0.717, 1.165) is 32.6 Å². The van der Waals surface area contributed by atoms with Crippen LogP contribution in [0.4, 0.5) is 0 Å². The lowest BCUT2D eigenvalue weighted by Gasteiger charge is -2.27. The highest BCUT2D eigenvalue weighted by molar-refractivity contribution is 7.12. The zero-order valence-corrected chi connectivity index (χ0v) is 13.5. The molecule has 1 fully saturated rings. The molecule has 1 aromatic rings. The molecule has 0 aromatic carbocycles. The van der Waals surface area contributed by atoms with Crippen LogP contribution in [0, 0.1) is 6.92 Å². The van der Waals surface area contributed by atoms with Crippen LogP contribution in [-0.2, 0) is 4.79 Å². The molecule has 20 heavy (non-hydrogen) atoms. The maximum absolute atomic E-state index is 12.1. The third-order valence-corrected chi connectivity index (χ3v) is 4.81. The molecule has 0 bridgehead atoms. The van der Waals surface area contributed by atoms with Gasteiger partial charge in [0.15, 0.2) is 0 Å². The molecule has 0 spiro atoms. The maximum atomic E-state index is 12.1. The van der Waals surface area contributed by atoms with Gasteiger partial charge in [0.2, 0.25) is 5.91 Å². The number of amides is 1. The van der Waals surface area contributed by atoms with Gasteiger partial charge in [-0.2, -0.15) is 0 Å². The second-order valence-corrected chi connectivity index (χ2v) is 6.57. The average molecular weight is 295 g/mol. The van der Waals surface area contributed by atoms with Gasteiger partial charge in [-0.15, -0.1) is 11.3 Å². The minimum Gasteiger partial charge on any atom is -0.320 e. The Bertz CT molecular complexity index is 446. The average Bonchev–Trinajstić information content (AvgIpc) is 3.01. The second-order valence-electron chi connectivity index (χ2n) is 5.25. The summed E-state index contributed by atoms with van der Waals surface area (Å²) in [6.07, 6.45) is 1.23. The zero-order chi connectivity index (χ0) is 14.5. The number of carbonyl (C=O) groups excluding carboxylic acids is 1. The van der Waals surface area contributed by atoms with Gasteiger partial charge in [0.25, 0.3) is 0 Å². The highest BCUT2D eigenvalue weighted by Crippen LogP contribution is 2.28. The van der Waals surface area contributed by atoms with E-state index in [2.05, 4.69) is 43.1 Å². The summed E-state index contributed by atoms with van der Waals surface area (Å²) in [7, 11) is 0. The van der Waals surface area contributed by atoms with Crippen LogP contribution in [0.25, 0.3) is 0 Å². The summed E-state index contributed by atoms with van der Waals surface area (Å²) in [5.74, 6) is 0.216. The Morgan fingerprint density at radius 1 is 1.40 bits per heavy atom. The number of likely N-dealkylation sites (N-methyl/N-ethyl adjacent to an activating group) is 1. The molecule has 1 N–H and O–H groups in total. The molecule has 1 unspecified atom stereocenters. The van der Waals surface area contributed by atoms with Crippen molar-refractivity contribution in [1.29, 1.82) is 0 Å². The SMILES string of the molecule is CCCN(CC)CCN1C(=O)CNC1c1ccc(C)s1. The predicted molar refractivity (Wildman–Crippen MR) is 83.9 cm³/mol. The molecule has 1 aliphatic rings.